The molecule has 0 aliphatic rings. The van der Waals surface area contributed by atoms with E-state index in [0.29, 0.717) is 21.6 Å². The molecule has 0 radical (unpaired) electrons. The standard InChI is InChI=1S/C27H24ClNO4/c1-3-29(4-2)21-15-11-19(12-16-21)26-27(25(31)22-7-5-6-8-23(22)32-26)33-24(30)17-18-9-13-20(28)14-10-18/h5-16H,3-4,17H2,1-2H3. The highest BCUT2D eigenvalue weighted by molar-refractivity contribution is 6.30. The van der Waals surface area contributed by atoms with E-state index in [4.69, 9.17) is 20.8 Å². The number of ether oxygens (including phenoxy) is 1. The number of esters is 1. The Bertz CT molecular complexity index is 1320. The number of nitrogens with zero attached hydrogens (tertiary/aromatic N) is 1. The Morgan fingerprint density at radius 1 is 0.939 bits per heavy atom. The molecule has 0 aliphatic carbocycles. The van der Waals surface area contributed by atoms with Crippen LogP contribution in [-0.4, -0.2) is 19.1 Å². The molecule has 0 saturated carbocycles. The minimum absolute atomic E-state index is 0.00374. The Morgan fingerprint density at radius 2 is 1.61 bits per heavy atom. The Balaban J connectivity index is 1.74. The van der Waals surface area contributed by atoms with Gasteiger partial charge < -0.3 is 14.1 Å². The normalized spacial score (nSPS) is 10.9. The zero-order chi connectivity index (χ0) is 23.4. The molecule has 4 rings (SSSR count). The first kappa shape index (κ1) is 22.6. The number of halogens is 1. The quantitative estimate of drug-likeness (QED) is 0.311. The minimum atomic E-state index is -0.555. The Morgan fingerprint density at radius 3 is 2.27 bits per heavy atom. The van der Waals surface area contributed by atoms with E-state index in [9.17, 15) is 9.59 Å². The molecule has 3 aromatic carbocycles. The fraction of sp³-hybridized carbons (Fsp3) is 0.185. The van der Waals surface area contributed by atoms with Crippen LogP contribution < -0.4 is 15.1 Å². The van der Waals surface area contributed by atoms with Crippen molar-refractivity contribution in [3.63, 3.8) is 0 Å². The van der Waals surface area contributed by atoms with Crippen molar-refractivity contribution in [3.8, 4) is 17.1 Å². The SMILES string of the molecule is CCN(CC)c1ccc(-c2oc3ccccc3c(=O)c2OC(=O)Cc2ccc(Cl)cc2)cc1. The van der Waals surface area contributed by atoms with Gasteiger partial charge in [-0.15, -0.1) is 0 Å². The Hall–Kier alpha value is -3.57. The van der Waals surface area contributed by atoms with Crippen LogP contribution in [0.1, 0.15) is 19.4 Å². The maximum Gasteiger partial charge on any atom is 0.315 e. The lowest BCUT2D eigenvalue weighted by molar-refractivity contribution is -0.133. The van der Waals surface area contributed by atoms with Crippen LogP contribution in [-0.2, 0) is 11.2 Å². The van der Waals surface area contributed by atoms with Gasteiger partial charge in [0.2, 0.25) is 11.2 Å². The van der Waals surface area contributed by atoms with Gasteiger partial charge in [0.05, 0.1) is 11.8 Å². The van der Waals surface area contributed by atoms with Crippen LogP contribution in [0.3, 0.4) is 0 Å². The zero-order valence-electron chi connectivity index (χ0n) is 18.5. The summed E-state index contributed by atoms with van der Waals surface area (Å²) in [6.45, 7) is 5.96. The number of carbonyl (C=O) groups excluding carboxylic acids is 1. The largest absolute Gasteiger partial charge is 0.452 e. The second-order valence-electron chi connectivity index (χ2n) is 7.58. The minimum Gasteiger partial charge on any atom is -0.452 e. The van der Waals surface area contributed by atoms with Crippen molar-refractivity contribution in [1.29, 1.82) is 0 Å². The molecule has 0 amide bonds. The van der Waals surface area contributed by atoms with Crippen molar-refractivity contribution >= 4 is 34.2 Å². The average molecular weight is 462 g/mol. The molecule has 1 heterocycles. The lowest BCUT2D eigenvalue weighted by atomic mass is 10.1. The van der Waals surface area contributed by atoms with E-state index in [0.717, 1.165) is 24.3 Å². The first-order valence-corrected chi connectivity index (χ1v) is 11.2. The molecule has 5 nitrogen and oxygen atoms in total. The molecule has 0 spiro atoms. The fourth-order valence-corrected chi connectivity index (χ4v) is 3.86. The predicted octanol–water partition coefficient (Wildman–Crippen LogP) is 6.11. The monoisotopic (exact) mass is 461 g/mol. The van der Waals surface area contributed by atoms with Gasteiger partial charge in [-0.1, -0.05) is 35.9 Å². The van der Waals surface area contributed by atoms with Crippen molar-refractivity contribution in [1.82, 2.24) is 0 Å². The van der Waals surface area contributed by atoms with E-state index in [-0.39, 0.29) is 23.4 Å². The van der Waals surface area contributed by atoms with Crippen molar-refractivity contribution < 1.29 is 13.9 Å². The molecular weight excluding hydrogens is 438 g/mol. The summed E-state index contributed by atoms with van der Waals surface area (Å²) in [6, 6.07) is 21.5. The number of para-hydroxylation sites is 1. The highest BCUT2D eigenvalue weighted by atomic mass is 35.5. The summed E-state index contributed by atoms with van der Waals surface area (Å²) in [4.78, 5) is 28.2. The fourth-order valence-electron chi connectivity index (χ4n) is 3.74. The van der Waals surface area contributed by atoms with Crippen LogP contribution in [0.5, 0.6) is 5.75 Å². The van der Waals surface area contributed by atoms with Crippen LogP contribution in [0.15, 0.2) is 82.0 Å². The first-order chi connectivity index (χ1) is 16.0. The third kappa shape index (κ3) is 4.94. The maximum absolute atomic E-state index is 13.3. The molecule has 6 heteroatoms. The molecule has 4 aromatic rings. The van der Waals surface area contributed by atoms with Gasteiger partial charge in [-0.05, 0) is 67.9 Å². The van der Waals surface area contributed by atoms with Gasteiger partial charge in [-0.25, -0.2) is 0 Å². The summed E-state index contributed by atoms with van der Waals surface area (Å²) < 4.78 is 11.7. The van der Waals surface area contributed by atoms with Crippen LogP contribution in [0.25, 0.3) is 22.3 Å². The highest BCUT2D eigenvalue weighted by Crippen LogP contribution is 2.32. The summed E-state index contributed by atoms with van der Waals surface area (Å²) in [7, 11) is 0. The van der Waals surface area contributed by atoms with E-state index < -0.39 is 5.97 Å². The van der Waals surface area contributed by atoms with Gasteiger partial charge in [0.15, 0.2) is 5.76 Å². The first-order valence-electron chi connectivity index (χ1n) is 10.9. The topological polar surface area (TPSA) is 59.8 Å². The summed E-state index contributed by atoms with van der Waals surface area (Å²) in [5, 5.41) is 0.938. The molecule has 168 valence electrons. The Kier molecular flexibility index (Phi) is 6.80. The van der Waals surface area contributed by atoms with Crippen LogP contribution in [0, 0.1) is 0 Å². The summed E-state index contributed by atoms with van der Waals surface area (Å²) >= 11 is 5.92. The zero-order valence-corrected chi connectivity index (χ0v) is 19.3. The van der Waals surface area contributed by atoms with Crippen LogP contribution >= 0.6 is 11.6 Å². The summed E-state index contributed by atoms with van der Waals surface area (Å²) in [6.07, 6.45) is 0.00374. The maximum atomic E-state index is 13.3. The number of hydrogen-bond acceptors (Lipinski definition) is 5. The third-order valence-corrected chi connectivity index (χ3v) is 5.74. The summed E-state index contributed by atoms with van der Waals surface area (Å²) in [5.74, 6) is -0.432. The van der Waals surface area contributed by atoms with Gasteiger partial charge in [-0.3, -0.25) is 9.59 Å². The highest BCUT2D eigenvalue weighted by Gasteiger charge is 2.21. The molecule has 0 saturated heterocycles. The van der Waals surface area contributed by atoms with Crippen LogP contribution in [0.2, 0.25) is 5.02 Å². The smallest absolute Gasteiger partial charge is 0.315 e. The van der Waals surface area contributed by atoms with Crippen molar-refractivity contribution in [2.24, 2.45) is 0 Å². The molecule has 0 aliphatic heterocycles. The molecular formula is C27H24ClNO4. The molecule has 0 fully saturated rings. The number of anilines is 1. The van der Waals surface area contributed by atoms with E-state index >= 15 is 0 Å². The van der Waals surface area contributed by atoms with Crippen LogP contribution in [0.4, 0.5) is 5.69 Å². The van der Waals surface area contributed by atoms with Gasteiger partial charge >= 0.3 is 5.97 Å². The molecule has 33 heavy (non-hydrogen) atoms. The molecule has 0 N–H and O–H groups in total. The lowest BCUT2D eigenvalue weighted by Crippen LogP contribution is -2.21. The second-order valence-corrected chi connectivity index (χ2v) is 8.02. The molecule has 0 atom stereocenters. The van der Waals surface area contributed by atoms with Gasteiger partial charge in [-0.2, -0.15) is 0 Å². The number of hydrogen-bond donors (Lipinski definition) is 0. The van der Waals surface area contributed by atoms with Crippen molar-refractivity contribution in [2.75, 3.05) is 18.0 Å². The summed E-state index contributed by atoms with van der Waals surface area (Å²) in [5.41, 5.74) is 2.50. The van der Waals surface area contributed by atoms with E-state index in [1.54, 1.807) is 48.5 Å². The number of fused-ring (bicyclic) bond motifs is 1. The predicted molar refractivity (Wildman–Crippen MR) is 132 cm³/mol. The average Bonchev–Trinajstić information content (AvgIpc) is 2.83. The Labute approximate surface area is 197 Å². The second kappa shape index (κ2) is 9.92. The van der Waals surface area contributed by atoms with Crippen molar-refractivity contribution in [3.05, 3.63) is 93.6 Å². The number of rotatable bonds is 7. The molecule has 1 aromatic heterocycles. The number of carbonyl (C=O) groups is 1. The molecule has 0 unspecified atom stereocenters. The van der Waals surface area contributed by atoms with E-state index in [1.165, 1.54) is 0 Å². The van der Waals surface area contributed by atoms with Crippen molar-refractivity contribution in [2.45, 2.75) is 20.3 Å². The van der Waals surface area contributed by atoms with Gasteiger partial charge in [0.1, 0.15) is 5.58 Å². The number of benzene rings is 3. The van der Waals surface area contributed by atoms with E-state index in [2.05, 4.69) is 18.7 Å². The molecule has 0 bridgehead atoms. The third-order valence-electron chi connectivity index (χ3n) is 5.49. The van der Waals surface area contributed by atoms with E-state index in [1.807, 2.05) is 24.3 Å². The van der Waals surface area contributed by atoms with Gasteiger partial charge in [0, 0.05) is 29.4 Å². The van der Waals surface area contributed by atoms with Gasteiger partial charge in [0.25, 0.3) is 0 Å². The lowest BCUT2D eigenvalue weighted by Gasteiger charge is -2.21.